The van der Waals surface area contributed by atoms with E-state index in [-0.39, 0.29) is 17.8 Å². The highest BCUT2D eigenvalue weighted by Gasteiger charge is 2.49. The predicted octanol–water partition coefficient (Wildman–Crippen LogP) is 3.35. The SMILES string of the molecule is CC1=CC[C@@H]2[C@@H](O[C@H](c3ccc(F)cc3)OC2(C)C)[C@@H]1O. The minimum atomic E-state index is -0.616. The Morgan fingerprint density at radius 2 is 1.90 bits per heavy atom. The maximum absolute atomic E-state index is 13.1. The van der Waals surface area contributed by atoms with Crippen LogP contribution in [0.15, 0.2) is 35.9 Å². The quantitative estimate of drug-likeness (QED) is 0.807. The summed E-state index contributed by atoms with van der Waals surface area (Å²) in [6.45, 7) is 5.95. The molecule has 1 aromatic carbocycles. The van der Waals surface area contributed by atoms with E-state index in [1.807, 2.05) is 20.8 Å². The fourth-order valence-corrected chi connectivity index (χ4v) is 3.20. The Kier molecular flexibility index (Phi) is 3.64. The van der Waals surface area contributed by atoms with Crippen LogP contribution in [0.1, 0.15) is 39.0 Å². The Hall–Kier alpha value is -1.23. The molecule has 3 nitrogen and oxygen atoms in total. The number of aliphatic hydroxyl groups is 1. The summed E-state index contributed by atoms with van der Waals surface area (Å²) in [5, 5.41) is 10.4. The molecule has 0 saturated carbocycles. The highest BCUT2D eigenvalue weighted by atomic mass is 19.1. The lowest BCUT2D eigenvalue weighted by Gasteiger charge is -2.50. The van der Waals surface area contributed by atoms with E-state index in [1.165, 1.54) is 12.1 Å². The normalized spacial score (nSPS) is 35.0. The van der Waals surface area contributed by atoms with E-state index in [2.05, 4.69) is 6.08 Å². The summed E-state index contributed by atoms with van der Waals surface area (Å²) in [5.74, 6) is -0.184. The Balaban J connectivity index is 1.90. The minimum Gasteiger partial charge on any atom is -0.386 e. The van der Waals surface area contributed by atoms with Crippen LogP contribution < -0.4 is 0 Å². The minimum absolute atomic E-state index is 0.105. The van der Waals surface area contributed by atoms with Gasteiger partial charge >= 0.3 is 0 Å². The van der Waals surface area contributed by atoms with E-state index < -0.39 is 18.0 Å². The summed E-state index contributed by atoms with van der Waals surface area (Å²) >= 11 is 0. The third kappa shape index (κ3) is 2.63. The fourth-order valence-electron chi connectivity index (χ4n) is 3.20. The summed E-state index contributed by atoms with van der Waals surface area (Å²) < 4.78 is 25.1. The van der Waals surface area contributed by atoms with Crippen LogP contribution in [0.3, 0.4) is 0 Å². The van der Waals surface area contributed by atoms with Crippen LogP contribution in [-0.4, -0.2) is 22.9 Å². The number of fused-ring (bicyclic) bond motifs is 1. The summed E-state index contributed by atoms with van der Waals surface area (Å²) in [4.78, 5) is 0. The second-order valence-electron chi connectivity index (χ2n) is 6.44. The number of allylic oxidation sites excluding steroid dienone is 1. The Bertz CT molecular complexity index is 550. The molecule has 3 rings (SSSR count). The number of hydrogen-bond donors (Lipinski definition) is 1. The molecule has 1 fully saturated rings. The van der Waals surface area contributed by atoms with Crippen LogP contribution in [0.4, 0.5) is 4.39 Å². The molecule has 4 atom stereocenters. The summed E-state index contributed by atoms with van der Waals surface area (Å²) in [6.07, 6.45) is 1.39. The van der Waals surface area contributed by atoms with Crippen LogP contribution in [0, 0.1) is 11.7 Å². The molecule has 0 unspecified atom stereocenters. The van der Waals surface area contributed by atoms with E-state index in [0.29, 0.717) is 0 Å². The van der Waals surface area contributed by atoms with E-state index in [9.17, 15) is 9.50 Å². The molecule has 0 radical (unpaired) electrons. The Labute approximate surface area is 124 Å². The molecule has 2 aliphatic rings. The molecule has 1 aliphatic carbocycles. The van der Waals surface area contributed by atoms with Gasteiger partial charge in [-0.15, -0.1) is 0 Å². The highest BCUT2D eigenvalue weighted by Crippen LogP contribution is 2.45. The lowest BCUT2D eigenvalue weighted by molar-refractivity contribution is -0.318. The largest absolute Gasteiger partial charge is 0.386 e. The molecule has 1 aliphatic heterocycles. The zero-order valence-corrected chi connectivity index (χ0v) is 12.5. The molecule has 114 valence electrons. The van der Waals surface area contributed by atoms with Crippen LogP contribution in [0.5, 0.6) is 0 Å². The highest BCUT2D eigenvalue weighted by molar-refractivity contribution is 5.21. The molecule has 0 bridgehead atoms. The van der Waals surface area contributed by atoms with Gasteiger partial charge in [0.2, 0.25) is 0 Å². The third-order valence-electron chi connectivity index (χ3n) is 4.59. The average Bonchev–Trinajstić information content (AvgIpc) is 2.43. The number of hydrogen-bond acceptors (Lipinski definition) is 3. The van der Waals surface area contributed by atoms with Gasteiger partial charge < -0.3 is 14.6 Å². The van der Waals surface area contributed by atoms with Crippen LogP contribution >= 0.6 is 0 Å². The molecule has 1 saturated heterocycles. The molecule has 4 heteroatoms. The van der Waals surface area contributed by atoms with E-state index in [0.717, 1.165) is 17.6 Å². The number of ether oxygens (including phenoxy) is 2. The number of rotatable bonds is 1. The number of benzene rings is 1. The van der Waals surface area contributed by atoms with Crippen molar-refractivity contribution in [3.8, 4) is 0 Å². The molecule has 1 heterocycles. The number of halogens is 1. The number of aliphatic hydroxyl groups excluding tert-OH is 1. The first-order valence-electron chi connectivity index (χ1n) is 7.32. The van der Waals surface area contributed by atoms with Gasteiger partial charge in [-0.2, -0.15) is 0 Å². The summed E-state index contributed by atoms with van der Waals surface area (Å²) in [7, 11) is 0. The van der Waals surface area contributed by atoms with Crippen molar-refractivity contribution in [2.24, 2.45) is 5.92 Å². The molecule has 0 amide bonds. The summed E-state index contributed by atoms with van der Waals surface area (Å²) in [5.41, 5.74) is 1.29. The van der Waals surface area contributed by atoms with E-state index in [1.54, 1.807) is 12.1 Å². The van der Waals surface area contributed by atoms with Gasteiger partial charge in [-0.3, -0.25) is 0 Å². The van der Waals surface area contributed by atoms with Crippen molar-refractivity contribution in [3.63, 3.8) is 0 Å². The standard InChI is InChI=1S/C17H21FO3/c1-10-4-9-13-15(14(10)19)20-16(21-17(13,2)3)11-5-7-12(18)8-6-11/h4-8,13-16,19H,9H2,1-3H3/t13-,14-,15-,16+/m1/s1. The molecule has 21 heavy (non-hydrogen) atoms. The molecular formula is C17H21FO3. The van der Waals surface area contributed by atoms with Crippen LogP contribution in [-0.2, 0) is 9.47 Å². The molecular weight excluding hydrogens is 271 g/mol. The van der Waals surface area contributed by atoms with Crippen molar-refractivity contribution >= 4 is 0 Å². The maximum Gasteiger partial charge on any atom is 0.184 e. The lowest BCUT2D eigenvalue weighted by Crippen LogP contribution is -2.55. The monoisotopic (exact) mass is 292 g/mol. The molecule has 1 aromatic rings. The first kappa shape index (κ1) is 14.7. The van der Waals surface area contributed by atoms with Crippen molar-refractivity contribution < 1.29 is 19.0 Å². The Morgan fingerprint density at radius 3 is 2.57 bits per heavy atom. The fraction of sp³-hybridized carbons (Fsp3) is 0.529. The van der Waals surface area contributed by atoms with E-state index in [4.69, 9.17) is 9.47 Å². The van der Waals surface area contributed by atoms with Crippen LogP contribution in [0.25, 0.3) is 0 Å². The van der Waals surface area contributed by atoms with Gasteiger partial charge in [0, 0.05) is 11.5 Å². The first-order valence-corrected chi connectivity index (χ1v) is 7.32. The second kappa shape index (κ2) is 5.20. The van der Waals surface area contributed by atoms with E-state index >= 15 is 0 Å². The van der Waals surface area contributed by atoms with Gasteiger partial charge in [0.15, 0.2) is 6.29 Å². The van der Waals surface area contributed by atoms with Gasteiger partial charge in [0.25, 0.3) is 0 Å². The van der Waals surface area contributed by atoms with Crippen LogP contribution in [0.2, 0.25) is 0 Å². The molecule has 0 aromatic heterocycles. The lowest BCUT2D eigenvalue weighted by atomic mass is 9.75. The van der Waals surface area contributed by atoms with Crippen molar-refractivity contribution in [2.45, 2.75) is 51.3 Å². The second-order valence-corrected chi connectivity index (χ2v) is 6.44. The van der Waals surface area contributed by atoms with Gasteiger partial charge in [-0.1, -0.05) is 18.2 Å². The van der Waals surface area contributed by atoms with Gasteiger partial charge in [0.05, 0.1) is 11.7 Å². The topological polar surface area (TPSA) is 38.7 Å². The first-order chi connectivity index (χ1) is 9.88. The predicted molar refractivity (Wildman–Crippen MR) is 77.0 cm³/mol. The maximum atomic E-state index is 13.1. The van der Waals surface area contributed by atoms with Crippen molar-refractivity contribution in [1.82, 2.24) is 0 Å². The summed E-state index contributed by atoms with van der Waals surface area (Å²) in [6, 6.07) is 6.11. The van der Waals surface area contributed by atoms with Gasteiger partial charge in [-0.25, -0.2) is 4.39 Å². The molecule has 1 N–H and O–H groups in total. The zero-order valence-electron chi connectivity index (χ0n) is 12.5. The van der Waals surface area contributed by atoms with Crippen molar-refractivity contribution in [2.75, 3.05) is 0 Å². The average molecular weight is 292 g/mol. The zero-order chi connectivity index (χ0) is 15.2. The van der Waals surface area contributed by atoms with Gasteiger partial charge in [0.1, 0.15) is 11.9 Å². The van der Waals surface area contributed by atoms with Crippen molar-refractivity contribution in [3.05, 3.63) is 47.3 Å². The van der Waals surface area contributed by atoms with Crippen molar-refractivity contribution in [1.29, 1.82) is 0 Å². The molecule has 0 spiro atoms. The third-order valence-corrected chi connectivity index (χ3v) is 4.59. The Morgan fingerprint density at radius 1 is 1.24 bits per heavy atom. The van der Waals surface area contributed by atoms with Gasteiger partial charge in [-0.05, 0) is 44.9 Å². The smallest absolute Gasteiger partial charge is 0.184 e.